The highest BCUT2D eigenvalue weighted by molar-refractivity contribution is 6.30. The molecule has 0 aliphatic heterocycles. The molecule has 0 aliphatic carbocycles. The van der Waals surface area contributed by atoms with Crippen molar-refractivity contribution in [1.29, 1.82) is 0 Å². The summed E-state index contributed by atoms with van der Waals surface area (Å²) in [5.41, 5.74) is 1.21. The van der Waals surface area contributed by atoms with Crippen molar-refractivity contribution in [3.8, 4) is 0 Å². The first-order chi connectivity index (χ1) is 7.27. The quantitative estimate of drug-likeness (QED) is 0.755. The van der Waals surface area contributed by atoms with Crippen LogP contribution in [0.5, 0.6) is 0 Å². The molecule has 0 saturated heterocycles. The topological polar surface area (TPSA) is 21.3 Å². The predicted octanol–water partition coefficient (Wildman–Crippen LogP) is 3.03. The number of likely N-dealkylation sites (N-methyl/N-ethyl adjacent to an activating group) is 1. The van der Waals surface area contributed by atoms with Crippen LogP contribution >= 0.6 is 11.6 Å². The molecule has 1 unspecified atom stereocenters. The van der Waals surface area contributed by atoms with Gasteiger partial charge in [-0.25, -0.2) is 0 Å². The van der Waals surface area contributed by atoms with E-state index in [9.17, 15) is 0 Å². The fraction of sp³-hybridized carbons (Fsp3) is 0.500. The molecule has 1 N–H and O–H groups in total. The Labute approximate surface area is 96.6 Å². The van der Waals surface area contributed by atoms with Crippen molar-refractivity contribution in [2.45, 2.75) is 19.4 Å². The summed E-state index contributed by atoms with van der Waals surface area (Å²) in [4.78, 5) is 0. The normalized spacial score (nSPS) is 12.7. The lowest BCUT2D eigenvalue weighted by Crippen LogP contribution is -2.21. The number of nitrogens with one attached hydrogen (secondary N) is 1. The summed E-state index contributed by atoms with van der Waals surface area (Å²) in [6, 6.07) is 8.11. The molecule has 3 heteroatoms. The molecular weight excluding hydrogens is 210 g/mol. The smallest absolute Gasteiger partial charge is 0.0661 e. The molecule has 2 nitrogen and oxygen atoms in total. The molecule has 0 saturated carbocycles. The summed E-state index contributed by atoms with van der Waals surface area (Å²) in [5, 5.41) is 4.00. The van der Waals surface area contributed by atoms with Gasteiger partial charge in [0.1, 0.15) is 0 Å². The van der Waals surface area contributed by atoms with Crippen molar-refractivity contribution in [2.24, 2.45) is 0 Å². The molecule has 15 heavy (non-hydrogen) atoms. The van der Waals surface area contributed by atoms with Gasteiger partial charge in [-0.15, -0.1) is 0 Å². The summed E-state index contributed by atoms with van der Waals surface area (Å²) in [5.74, 6) is 0. The minimum atomic E-state index is 0.244. The van der Waals surface area contributed by atoms with E-state index in [2.05, 4.69) is 12.2 Å². The van der Waals surface area contributed by atoms with Gasteiger partial charge >= 0.3 is 0 Å². The van der Waals surface area contributed by atoms with E-state index in [0.29, 0.717) is 6.61 Å². The van der Waals surface area contributed by atoms with E-state index in [1.165, 1.54) is 5.56 Å². The molecule has 0 spiro atoms. The van der Waals surface area contributed by atoms with Gasteiger partial charge < -0.3 is 10.1 Å². The third-order valence-electron chi connectivity index (χ3n) is 2.25. The minimum absolute atomic E-state index is 0.244. The van der Waals surface area contributed by atoms with Crippen LogP contribution in [0.4, 0.5) is 0 Å². The number of benzene rings is 1. The number of rotatable bonds is 6. The summed E-state index contributed by atoms with van der Waals surface area (Å²) in [6.07, 6.45) is 1.05. The molecule has 1 aromatic carbocycles. The van der Waals surface area contributed by atoms with Gasteiger partial charge in [-0.05, 0) is 31.2 Å². The lowest BCUT2D eigenvalue weighted by molar-refractivity contribution is 0.114. The van der Waals surface area contributed by atoms with Gasteiger partial charge in [0.05, 0.1) is 12.6 Å². The summed E-state index contributed by atoms with van der Waals surface area (Å²) < 4.78 is 5.52. The second kappa shape index (κ2) is 6.83. The predicted molar refractivity (Wildman–Crippen MR) is 64.4 cm³/mol. The summed E-state index contributed by atoms with van der Waals surface area (Å²) >= 11 is 5.83. The highest BCUT2D eigenvalue weighted by atomic mass is 35.5. The Morgan fingerprint density at radius 2 is 2.00 bits per heavy atom. The summed E-state index contributed by atoms with van der Waals surface area (Å²) in [7, 11) is 1.94. The zero-order valence-corrected chi connectivity index (χ0v) is 10.1. The minimum Gasteiger partial charge on any atom is -0.379 e. The molecule has 0 fully saturated rings. The second-order valence-corrected chi connectivity index (χ2v) is 3.90. The molecule has 1 atom stereocenters. The number of halogens is 1. The fourth-order valence-electron chi connectivity index (χ4n) is 1.39. The maximum absolute atomic E-state index is 5.83. The van der Waals surface area contributed by atoms with E-state index >= 15 is 0 Å². The highest BCUT2D eigenvalue weighted by Crippen LogP contribution is 2.16. The first kappa shape index (κ1) is 12.5. The number of hydrogen-bond acceptors (Lipinski definition) is 2. The van der Waals surface area contributed by atoms with E-state index < -0.39 is 0 Å². The molecule has 0 aliphatic rings. The fourth-order valence-corrected chi connectivity index (χ4v) is 1.51. The van der Waals surface area contributed by atoms with E-state index in [1.54, 1.807) is 0 Å². The van der Waals surface area contributed by atoms with Crippen LogP contribution in [-0.4, -0.2) is 20.3 Å². The molecule has 84 valence electrons. The maximum Gasteiger partial charge on any atom is 0.0661 e. The lowest BCUT2D eigenvalue weighted by Gasteiger charge is -2.16. The van der Waals surface area contributed by atoms with Crippen molar-refractivity contribution < 1.29 is 4.74 Å². The SMILES string of the molecule is CCCOCC(NC)c1ccc(Cl)cc1. The Bertz CT molecular complexity index is 273. The van der Waals surface area contributed by atoms with Crippen molar-refractivity contribution >= 4 is 11.6 Å². The third kappa shape index (κ3) is 4.20. The monoisotopic (exact) mass is 227 g/mol. The zero-order valence-electron chi connectivity index (χ0n) is 9.29. The van der Waals surface area contributed by atoms with Crippen LogP contribution in [-0.2, 0) is 4.74 Å². The van der Waals surface area contributed by atoms with Gasteiger partial charge in [0, 0.05) is 11.6 Å². The molecule has 1 rings (SSSR count). The average molecular weight is 228 g/mol. The Morgan fingerprint density at radius 3 is 2.53 bits per heavy atom. The maximum atomic E-state index is 5.83. The highest BCUT2D eigenvalue weighted by Gasteiger charge is 2.08. The molecule has 0 bridgehead atoms. The van der Waals surface area contributed by atoms with Crippen LogP contribution in [0, 0.1) is 0 Å². The van der Waals surface area contributed by atoms with Gasteiger partial charge in [0.25, 0.3) is 0 Å². The van der Waals surface area contributed by atoms with Crippen LogP contribution in [0.15, 0.2) is 24.3 Å². The second-order valence-electron chi connectivity index (χ2n) is 3.47. The lowest BCUT2D eigenvalue weighted by atomic mass is 10.1. The van der Waals surface area contributed by atoms with Crippen molar-refractivity contribution in [3.05, 3.63) is 34.9 Å². The van der Waals surface area contributed by atoms with Crippen molar-refractivity contribution in [3.63, 3.8) is 0 Å². The zero-order chi connectivity index (χ0) is 11.1. The van der Waals surface area contributed by atoms with Gasteiger partial charge in [-0.3, -0.25) is 0 Å². The molecule has 0 heterocycles. The third-order valence-corrected chi connectivity index (χ3v) is 2.51. The van der Waals surface area contributed by atoms with Crippen molar-refractivity contribution in [1.82, 2.24) is 5.32 Å². The first-order valence-corrected chi connectivity index (χ1v) is 5.66. The Hall–Kier alpha value is -0.570. The standard InChI is InChI=1S/C12H18ClNO/c1-3-8-15-9-12(14-2)10-4-6-11(13)7-5-10/h4-7,12,14H,3,8-9H2,1-2H3. The largest absolute Gasteiger partial charge is 0.379 e. The van der Waals surface area contributed by atoms with E-state index in [4.69, 9.17) is 16.3 Å². The van der Waals surface area contributed by atoms with Crippen LogP contribution in [0.2, 0.25) is 5.02 Å². The van der Waals surface area contributed by atoms with E-state index in [1.807, 2.05) is 31.3 Å². The molecule has 0 radical (unpaired) electrons. The van der Waals surface area contributed by atoms with Gasteiger partial charge in [0.2, 0.25) is 0 Å². The van der Waals surface area contributed by atoms with Crippen LogP contribution in [0.25, 0.3) is 0 Å². The number of ether oxygens (including phenoxy) is 1. The van der Waals surface area contributed by atoms with Crippen molar-refractivity contribution in [2.75, 3.05) is 20.3 Å². The van der Waals surface area contributed by atoms with E-state index in [-0.39, 0.29) is 6.04 Å². The molecule has 1 aromatic rings. The van der Waals surface area contributed by atoms with Gasteiger partial charge in [-0.2, -0.15) is 0 Å². The van der Waals surface area contributed by atoms with Gasteiger partial charge in [0.15, 0.2) is 0 Å². The summed E-state index contributed by atoms with van der Waals surface area (Å²) in [6.45, 7) is 3.62. The first-order valence-electron chi connectivity index (χ1n) is 5.28. The number of hydrogen-bond donors (Lipinski definition) is 1. The Kier molecular flexibility index (Phi) is 5.69. The Balaban J connectivity index is 2.53. The van der Waals surface area contributed by atoms with Crippen LogP contribution < -0.4 is 5.32 Å². The van der Waals surface area contributed by atoms with Crippen LogP contribution in [0.1, 0.15) is 24.9 Å². The Morgan fingerprint density at radius 1 is 1.33 bits per heavy atom. The van der Waals surface area contributed by atoms with E-state index in [0.717, 1.165) is 18.1 Å². The molecular formula is C12H18ClNO. The van der Waals surface area contributed by atoms with Gasteiger partial charge in [-0.1, -0.05) is 30.7 Å². The van der Waals surface area contributed by atoms with Crippen LogP contribution in [0.3, 0.4) is 0 Å². The average Bonchev–Trinajstić information content (AvgIpc) is 2.26. The molecule has 0 aromatic heterocycles. The molecule has 0 amide bonds.